The average molecular weight is 169 g/mol. The highest BCUT2D eigenvalue weighted by Crippen LogP contribution is 2.06. The van der Waals surface area contributed by atoms with Crippen LogP contribution in [0.4, 0.5) is 4.39 Å². The van der Waals surface area contributed by atoms with Crippen LogP contribution in [0.5, 0.6) is 0 Å². The first-order valence-corrected chi connectivity index (χ1v) is 3.86. The van der Waals surface area contributed by atoms with Crippen molar-refractivity contribution in [1.82, 2.24) is 5.48 Å². The number of hydroxylamine groups is 1. The zero-order valence-corrected chi connectivity index (χ0v) is 7.01. The molecule has 3 heteroatoms. The van der Waals surface area contributed by atoms with Gasteiger partial charge in [0.2, 0.25) is 0 Å². The molecule has 0 spiro atoms. The highest BCUT2D eigenvalue weighted by Gasteiger charge is 1.98. The van der Waals surface area contributed by atoms with Crippen LogP contribution in [-0.4, -0.2) is 13.7 Å². The Bertz CT molecular complexity index is 240. The predicted octanol–water partition coefficient (Wildman–Crippen LogP) is 1.52. The van der Waals surface area contributed by atoms with Gasteiger partial charge in [-0.15, -0.1) is 0 Å². The fraction of sp³-hybridized carbons (Fsp3) is 0.333. The number of benzene rings is 1. The highest BCUT2D eigenvalue weighted by atomic mass is 19.1. The Morgan fingerprint density at radius 2 is 2.17 bits per heavy atom. The number of nitrogens with one attached hydrogen (secondary N) is 1. The second-order valence-corrected chi connectivity index (χ2v) is 2.39. The number of hydrogen-bond acceptors (Lipinski definition) is 2. The third kappa shape index (κ3) is 2.60. The molecule has 0 saturated carbocycles. The average Bonchev–Trinajstić information content (AvgIpc) is 2.09. The summed E-state index contributed by atoms with van der Waals surface area (Å²) in [5.41, 5.74) is 3.22. The van der Waals surface area contributed by atoms with Crippen LogP contribution in [0.3, 0.4) is 0 Å². The minimum atomic E-state index is -0.169. The quantitative estimate of drug-likeness (QED) is 0.545. The number of hydrogen-bond donors (Lipinski definition) is 1. The van der Waals surface area contributed by atoms with Crippen molar-refractivity contribution in [3.8, 4) is 0 Å². The lowest BCUT2D eigenvalue weighted by molar-refractivity contribution is 0.0600. The van der Waals surface area contributed by atoms with Crippen molar-refractivity contribution in [3.05, 3.63) is 35.6 Å². The second kappa shape index (κ2) is 4.85. The van der Waals surface area contributed by atoms with Crippen molar-refractivity contribution in [2.45, 2.75) is 6.42 Å². The van der Waals surface area contributed by atoms with Crippen LogP contribution in [0.15, 0.2) is 24.3 Å². The molecule has 1 N–H and O–H groups in total. The van der Waals surface area contributed by atoms with E-state index in [1.807, 2.05) is 6.07 Å². The van der Waals surface area contributed by atoms with Crippen molar-refractivity contribution in [1.29, 1.82) is 0 Å². The van der Waals surface area contributed by atoms with Gasteiger partial charge < -0.3 is 4.84 Å². The smallest absolute Gasteiger partial charge is 0.126 e. The van der Waals surface area contributed by atoms with E-state index in [1.54, 1.807) is 19.2 Å². The van der Waals surface area contributed by atoms with Crippen LogP contribution >= 0.6 is 0 Å². The van der Waals surface area contributed by atoms with Crippen molar-refractivity contribution in [2.75, 3.05) is 13.7 Å². The summed E-state index contributed by atoms with van der Waals surface area (Å²) in [5.74, 6) is -0.169. The van der Waals surface area contributed by atoms with Gasteiger partial charge in [0, 0.05) is 13.5 Å². The monoisotopic (exact) mass is 169 g/mol. The molecule has 0 aliphatic heterocycles. The normalized spacial score (nSPS) is 10.2. The zero-order chi connectivity index (χ0) is 8.81. The van der Waals surface area contributed by atoms with Gasteiger partial charge in [-0.3, -0.25) is 0 Å². The number of rotatable bonds is 4. The SMILES string of the molecule is CNOCCc1ccccc1F. The molecule has 0 radical (unpaired) electrons. The van der Waals surface area contributed by atoms with Gasteiger partial charge in [0.05, 0.1) is 6.61 Å². The van der Waals surface area contributed by atoms with Crippen LogP contribution in [-0.2, 0) is 11.3 Å². The van der Waals surface area contributed by atoms with E-state index in [1.165, 1.54) is 6.07 Å². The molecule has 0 atom stereocenters. The summed E-state index contributed by atoms with van der Waals surface area (Å²) in [6, 6.07) is 6.71. The maximum atomic E-state index is 12.9. The van der Waals surface area contributed by atoms with E-state index >= 15 is 0 Å². The summed E-state index contributed by atoms with van der Waals surface area (Å²) in [7, 11) is 1.68. The van der Waals surface area contributed by atoms with Crippen LogP contribution in [0.25, 0.3) is 0 Å². The molecule has 2 nitrogen and oxygen atoms in total. The maximum absolute atomic E-state index is 12.9. The largest absolute Gasteiger partial charge is 0.302 e. The predicted molar refractivity (Wildman–Crippen MR) is 45.1 cm³/mol. The molecule has 0 amide bonds. The van der Waals surface area contributed by atoms with E-state index in [0.29, 0.717) is 18.6 Å². The highest BCUT2D eigenvalue weighted by molar-refractivity contribution is 5.17. The van der Waals surface area contributed by atoms with Gasteiger partial charge in [0.25, 0.3) is 0 Å². The third-order valence-corrected chi connectivity index (χ3v) is 1.58. The van der Waals surface area contributed by atoms with E-state index in [9.17, 15) is 4.39 Å². The van der Waals surface area contributed by atoms with Crippen molar-refractivity contribution >= 4 is 0 Å². The molecular formula is C9H12FNO. The molecule has 0 saturated heterocycles. The molecule has 0 fully saturated rings. The first kappa shape index (κ1) is 9.16. The molecule has 0 aliphatic carbocycles. The topological polar surface area (TPSA) is 21.3 Å². The summed E-state index contributed by atoms with van der Waals surface area (Å²) < 4.78 is 12.9. The summed E-state index contributed by atoms with van der Waals surface area (Å²) >= 11 is 0. The molecule has 1 aromatic rings. The molecule has 0 bridgehead atoms. The van der Waals surface area contributed by atoms with Crippen molar-refractivity contribution in [2.24, 2.45) is 0 Å². The van der Waals surface area contributed by atoms with Gasteiger partial charge >= 0.3 is 0 Å². The Balaban J connectivity index is 2.46. The van der Waals surface area contributed by atoms with Gasteiger partial charge in [0.1, 0.15) is 5.82 Å². The molecule has 0 heterocycles. The summed E-state index contributed by atoms with van der Waals surface area (Å²) in [4.78, 5) is 4.88. The van der Waals surface area contributed by atoms with Crippen LogP contribution < -0.4 is 5.48 Å². The summed E-state index contributed by atoms with van der Waals surface area (Å²) in [6.45, 7) is 0.484. The van der Waals surface area contributed by atoms with E-state index < -0.39 is 0 Å². The van der Waals surface area contributed by atoms with E-state index in [-0.39, 0.29) is 5.82 Å². The lowest BCUT2D eigenvalue weighted by Crippen LogP contribution is -2.10. The summed E-state index contributed by atoms with van der Waals surface area (Å²) in [5, 5.41) is 0. The van der Waals surface area contributed by atoms with Crippen molar-refractivity contribution in [3.63, 3.8) is 0 Å². The molecule has 1 aromatic carbocycles. The Kier molecular flexibility index (Phi) is 3.70. The van der Waals surface area contributed by atoms with E-state index in [2.05, 4.69) is 5.48 Å². The maximum Gasteiger partial charge on any atom is 0.126 e. The Morgan fingerprint density at radius 1 is 1.42 bits per heavy atom. The Labute approximate surface area is 71.3 Å². The lowest BCUT2D eigenvalue weighted by atomic mass is 10.1. The van der Waals surface area contributed by atoms with Gasteiger partial charge in [-0.1, -0.05) is 18.2 Å². The van der Waals surface area contributed by atoms with E-state index in [4.69, 9.17) is 4.84 Å². The molecule has 66 valence electrons. The molecular weight excluding hydrogens is 157 g/mol. The molecule has 1 rings (SSSR count). The first-order chi connectivity index (χ1) is 5.84. The van der Waals surface area contributed by atoms with Crippen LogP contribution in [0.2, 0.25) is 0 Å². The standard InChI is InChI=1S/C9H12FNO/c1-11-12-7-6-8-4-2-3-5-9(8)10/h2-5,11H,6-7H2,1H3. The van der Waals surface area contributed by atoms with Gasteiger partial charge in [-0.25, -0.2) is 9.87 Å². The van der Waals surface area contributed by atoms with Crippen LogP contribution in [0.1, 0.15) is 5.56 Å². The Morgan fingerprint density at radius 3 is 2.83 bits per heavy atom. The molecule has 0 aliphatic rings. The third-order valence-electron chi connectivity index (χ3n) is 1.58. The number of halogens is 1. The zero-order valence-electron chi connectivity index (χ0n) is 7.01. The Hall–Kier alpha value is -0.930. The van der Waals surface area contributed by atoms with Crippen molar-refractivity contribution < 1.29 is 9.23 Å². The fourth-order valence-corrected chi connectivity index (χ4v) is 0.964. The second-order valence-electron chi connectivity index (χ2n) is 2.39. The van der Waals surface area contributed by atoms with Gasteiger partial charge in [-0.2, -0.15) is 0 Å². The molecule has 0 aromatic heterocycles. The minimum Gasteiger partial charge on any atom is -0.302 e. The van der Waals surface area contributed by atoms with E-state index in [0.717, 1.165) is 0 Å². The van der Waals surface area contributed by atoms with Gasteiger partial charge in [-0.05, 0) is 11.6 Å². The molecule has 0 unspecified atom stereocenters. The van der Waals surface area contributed by atoms with Crippen LogP contribution in [0, 0.1) is 5.82 Å². The first-order valence-electron chi connectivity index (χ1n) is 3.86. The van der Waals surface area contributed by atoms with Gasteiger partial charge in [0.15, 0.2) is 0 Å². The summed E-state index contributed by atoms with van der Waals surface area (Å²) in [6.07, 6.45) is 0.591. The fourth-order valence-electron chi connectivity index (χ4n) is 0.964. The molecule has 12 heavy (non-hydrogen) atoms. The lowest BCUT2D eigenvalue weighted by Gasteiger charge is -2.02. The minimum absolute atomic E-state index is 0.169.